The van der Waals surface area contributed by atoms with Crippen LogP contribution in [0.4, 0.5) is 52.7 Å². The smallest absolute Gasteiger partial charge is 0.848 e. The fraction of sp³-hybridized carbons (Fsp3) is 1.00. The average molecular weight is 444 g/mol. The molecule has 0 spiro atoms. The van der Waals surface area contributed by atoms with E-state index in [4.69, 9.17) is 20.4 Å². The Kier molecular flexibility index (Phi) is 22.8. The van der Waals surface area contributed by atoms with Gasteiger partial charge in [-0.1, -0.05) is 0 Å². The van der Waals surface area contributed by atoms with Crippen molar-refractivity contribution in [3.05, 3.63) is 0 Å². The molecule has 4 nitrogen and oxygen atoms in total. The fourth-order valence-electron chi connectivity index (χ4n) is 0. The van der Waals surface area contributed by atoms with Crippen molar-refractivity contribution in [1.29, 1.82) is 0 Å². The second-order valence-corrected chi connectivity index (χ2v) is 3.04. The summed E-state index contributed by atoms with van der Waals surface area (Å²) in [4.78, 5) is 0. The largest absolute Gasteiger partial charge is 4.00 e. The summed E-state index contributed by atoms with van der Waals surface area (Å²) in [6.45, 7) is -7.92. The van der Waals surface area contributed by atoms with E-state index in [0.717, 1.165) is 0 Å². The molecule has 0 amide bonds. The van der Waals surface area contributed by atoms with Gasteiger partial charge >= 0.3 is 46.4 Å². The van der Waals surface area contributed by atoms with Gasteiger partial charge in [0.15, 0.2) is 0 Å². The maximum absolute atomic E-state index is 10.5. The standard InChI is InChI=1S/4C2H2F3O.Ti/c4*3-2(4,5)1-6;/h4*1H2;/q4*-1;+4. The second-order valence-electron chi connectivity index (χ2n) is 3.04. The van der Waals surface area contributed by atoms with Crippen LogP contribution in [-0.2, 0) is 21.7 Å². The Bertz CT molecular complexity index is 216. The molecule has 0 atom stereocenters. The van der Waals surface area contributed by atoms with Crippen LogP contribution in [0.5, 0.6) is 0 Å². The maximum atomic E-state index is 10.5. The first-order valence-corrected chi connectivity index (χ1v) is 4.84. The van der Waals surface area contributed by atoms with E-state index in [1.807, 2.05) is 0 Å². The van der Waals surface area contributed by atoms with Gasteiger partial charge in [0.05, 0.1) is 0 Å². The number of alkyl halides is 12. The monoisotopic (exact) mass is 444 g/mol. The van der Waals surface area contributed by atoms with Crippen LogP contribution in [-0.4, -0.2) is 51.1 Å². The molecule has 0 unspecified atom stereocenters. The molecule has 0 saturated carbocycles. The van der Waals surface area contributed by atoms with E-state index in [1.165, 1.54) is 0 Å². The van der Waals surface area contributed by atoms with E-state index in [-0.39, 0.29) is 21.7 Å². The van der Waals surface area contributed by atoms with Crippen LogP contribution in [0, 0.1) is 0 Å². The zero-order valence-corrected chi connectivity index (χ0v) is 13.1. The SMILES string of the molecule is [O-]CC(F)(F)F.[O-]CC(F)(F)F.[O-]CC(F)(F)F.[O-]CC(F)(F)F.[Ti+4]. The molecule has 25 heavy (non-hydrogen) atoms. The third-order valence-electron chi connectivity index (χ3n) is 0.655. The maximum Gasteiger partial charge on any atom is 4.00 e. The molecule has 0 aliphatic heterocycles. The fourth-order valence-corrected chi connectivity index (χ4v) is 0. The summed E-state index contributed by atoms with van der Waals surface area (Å²) < 4.78 is 126. The minimum atomic E-state index is -4.51. The van der Waals surface area contributed by atoms with Crippen molar-refractivity contribution in [2.75, 3.05) is 26.4 Å². The molecule has 0 aromatic carbocycles. The topological polar surface area (TPSA) is 92.2 Å². The van der Waals surface area contributed by atoms with Crippen molar-refractivity contribution in [3.63, 3.8) is 0 Å². The van der Waals surface area contributed by atoms with Gasteiger partial charge in [0.25, 0.3) is 0 Å². The van der Waals surface area contributed by atoms with Gasteiger partial charge in [-0.15, -0.1) is 0 Å². The van der Waals surface area contributed by atoms with Crippen LogP contribution in [0.3, 0.4) is 0 Å². The van der Waals surface area contributed by atoms with E-state index in [9.17, 15) is 52.7 Å². The van der Waals surface area contributed by atoms with Gasteiger partial charge in [0, 0.05) is 0 Å². The van der Waals surface area contributed by atoms with Gasteiger partial charge in [-0.3, -0.25) is 0 Å². The molecule has 0 aromatic rings. The first-order valence-electron chi connectivity index (χ1n) is 4.84. The second kappa shape index (κ2) is 15.9. The molecule has 152 valence electrons. The molecular formula is C8H8F12O4Ti. The first-order chi connectivity index (χ1) is 10.2. The Hall–Kier alpha value is -0.286. The molecule has 0 bridgehead atoms. The third-order valence-corrected chi connectivity index (χ3v) is 0.655. The van der Waals surface area contributed by atoms with E-state index in [0.29, 0.717) is 0 Å². The molecule has 0 aromatic heterocycles. The van der Waals surface area contributed by atoms with Crippen LogP contribution in [0.1, 0.15) is 0 Å². The molecule has 0 heterocycles. The quantitative estimate of drug-likeness (QED) is 0.377. The van der Waals surface area contributed by atoms with Crippen molar-refractivity contribution in [2.24, 2.45) is 0 Å². The van der Waals surface area contributed by atoms with Crippen molar-refractivity contribution in [2.45, 2.75) is 24.7 Å². The summed E-state index contributed by atoms with van der Waals surface area (Å²) in [5.74, 6) is 0. The van der Waals surface area contributed by atoms with Gasteiger partial charge < -0.3 is 20.4 Å². The van der Waals surface area contributed by atoms with Crippen LogP contribution < -0.4 is 20.4 Å². The van der Waals surface area contributed by atoms with E-state index in [1.54, 1.807) is 0 Å². The number of halogens is 12. The van der Waals surface area contributed by atoms with Crippen LogP contribution in [0.15, 0.2) is 0 Å². The third kappa shape index (κ3) is 81.5. The predicted molar refractivity (Wildman–Crippen MR) is 43.7 cm³/mol. The molecule has 0 aliphatic carbocycles. The van der Waals surface area contributed by atoms with Crippen LogP contribution >= 0.6 is 0 Å². The van der Waals surface area contributed by atoms with Gasteiger partial charge in [-0.25, -0.2) is 0 Å². The normalized spacial score (nSPS) is 11.5. The number of rotatable bonds is 0. The predicted octanol–water partition coefficient (Wildman–Crippen LogP) is -0.367. The van der Waals surface area contributed by atoms with Gasteiger partial charge in [0.2, 0.25) is 0 Å². The molecule has 0 saturated heterocycles. The Morgan fingerprint density at radius 3 is 0.400 bits per heavy atom. The molecular weight excluding hydrogens is 436 g/mol. The minimum Gasteiger partial charge on any atom is -0.848 e. The van der Waals surface area contributed by atoms with E-state index in [2.05, 4.69) is 0 Å². The number of hydrogen-bond acceptors (Lipinski definition) is 4. The minimum absolute atomic E-state index is 0. The molecule has 0 aliphatic rings. The Morgan fingerprint density at radius 2 is 0.400 bits per heavy atom. The van der Waals surface area contributed by atoms with Crippen LogP contribution in [0.2, 0.25) is 0 Å². The van der Waals surface area contributed by atoms with Crippen molar-refractivity contribution < 1.29 is 94.8 Å². The first kappa shape index (κ1) is 35.8. The van der Waals surface area contributed by atoms with Crippen molar-refractivity contribution in [1.82, 2.24) is 0 Å². The Morgan fingerprint density at radius 1 is 0.360 bits per heavy atom. The molecule has 0 N–H and O–H groups in total. The molecule has 17 heteroatoms. The summed E-state index contributed by atoms with van der Waals surface area (Å²) in [6, 6.07) is 0. The summed E-state index contributed by atoms with van der Waals surface area (Å²) in [7, 11) is 0. The summed E-state index contributed by atoms with van der Waals surface area (Å²) >= 11 is 0. The van der Waals surface area contributed by atoms with E-state index < -0.39 is 51.1 Å². The van der Waals surface area contributed by atoms with Crippen molar-refractivity contribution >= 4 is 0 Å². The Balaban J connectivity index is -0.0000000702. The van der Waals surface area contributed by atoms with Crippen molar-refractivity contribution in [3.8, 4) is 0 Å². The van der Waals surface area contributed by atoms with Crippen LogP contribution in [0.25, 0.3) is 0 Å². The summed E-state index contributed by atoms with van der Waals surface area (Å²) in [5, 5.41) is 35.3. The number of hydrogen-bond donors (Lipinski definition) is 0. The zero-order valence-electron chi connectivity index (χ0n) is 11.5. The molecule has 0 radical (unpaired) electrons. The molecule has 0 fully saturated rings. The average Bonchev–Trinajstić information content (AvgIpc) is 2.37. The van der Waals surface area contributed by atoms with E-state index >= 15 is 0 Å². The Labute approximate surface area is 146 Å². The van der Waals surface area contributed by atoms with Gasteiger partial charge in [0.1, 0.15) is 0 Å². The zero-order chi connectivity index (χ0) is 20.8. The summed E-state index contributed by atoms with van der Waals surface area (Å²) in [5.41, 5.74) is 0. The summed E-state index contributed by atoms with van der Waals surface area (Å²) in [6.07, 6.45) is -18.1. The molecule has 0 rings (SSSR count). The van der Waals surface area contributed by atoms with Gasteiger partial charge in [-0.05, 0) is 26.4 Å². The van der Waals surface area contributed by atoms with Gasteiger partial charge in [-0.2, -0.15) is 52.7 Å².